The van der Waals surface area contributed by atoms with Crippen LogP contribution in [0.2, 0.25) is 5.02 Å². The van der Waals surface area contributed by atoms with Gasteiger partial charge in [0.25, 0.3) is 5.91 Å². The third-order valence-corrected chi connectivity index (χ3v) is 8.65. The summed E-state index contributed by atoms with van der Waals surface area (Å²) in [6.07, 6.45) is 5.39. The Bertz CT molecular complexity index is 1530. The Morgan fingerprint density at radius 3 is 2.44 bits per heavy atom. The third kappa shape index (κ3) is 4.72. The largest absolute Gasteiger partial charge is 0.385 e. The Balaban J connectivity index is 1.27. The molecule has 1 aliphatic heterocycles. The zero-order valence-corrected chi connectivity index (χ0v) is 20.9. The summed E-state index contributed by atoms with van der Waals surface area (Å²) in [6, 6.07) is 17.0. The second kappa shape index (κ2) is 9.61. The molecule has 0 saturated carbocycles. The molecule has 2 aromatic heterocycles. The van der Waals surface area contributed by atoms with Crippen molar-refractivity contribution in [2.24, 2.45) is 0 Å². The summed E-state index contributed by atoms with van der Waals surface area (Å²) in [5.41, 5.74) is 1.02. The van der Waals surface area contributed by atoms with E-state index in [2.05, 4.69) is 9.97 Å². The Morgan fingerprint density at radius 1 is 1.00 bits per heavy atom. The molecule has 1 N–H and O–H groups in total. The average Bonchev–Trinajstić information content (AvgIpc) is 2.89. The molecule has 1 saturated heterocycles. The number of para-hydroxylation sites is 1. The van der Waals surface area contributed by atoms with Gasteiger partial charge in [-0.2, -0.15) is 0 Å². The number of halogens is 1. The highest BCUT2D eigenvalue weighted by atomic mass is 35.5. The number of pyridine rings is 2. The van der Waals surface area contributed by atoms with Crippen LogP contribution in [0.25, 0.3) is 10.9 Å². The minimum absolute atomic E-state index is 0.162. The van der Waals surface area contributed by atoms with E-state index in [0.717, 1.165) is 5.39 Å². The molecule has 0 bridgehead atoms. The van der Waals surface area contributed by atoms with Crippen molar-refractivity contribution in [3.63, 3.8) is 0 Å². The van der Waals surface area contributed by atoms with E-state index in [1.54, 1.807) is 65.8 Å². The summed E-state index contributed by atoms with van der Waals surface area (Å²) in [6.45, 7) is 0.746. The molecule has 36 heavy (non-hydrogen) atoms. The normalized spacial score (nSPS) is 15.7. The van der Waals surface area contributed by atoms with Crippen LogP contribution in [0.4, 0.5) is 0 Å². The van der Waals surface area contributed by atoms with Crippen molar-refractivity contribution < 1.29 is 18.3 Å². The van der Waals surface area contributed by atoms with E-state index in [0.29, 0.717) is 53.2 Å². The quantitative estimate of drug-likeness (QED) is 0.418. The molecule has 3 heterocycles. The van der Waals surface area contributed by atoms with Crippen LogP contribution in [0.5, 0.6) is 0 Å². The lowest BCUT2D eigenvalue weighted by Crippen LogP contribution is -2.45. The number of piperidine rings is 1. The Morgan fingerprint density at radius 2 is 1.72 bits per heavy atom. The molecular formula is C27H24ClN3O4S. The van der Waals surface area contributed by atoms with Gasteiger partial charge in [-0.25, -0.2) is 8.42 Å². The molecule has 0 radical (unpaired) electrons. The first kappa shape index (κ1) is 24.4. The standard InChI is InChI=1S/C27H24ClN3O4S/c28-23-17-29-14-10-22(23)27(33)11-15-31(16-12-27)26(32)21-8-6-19(7-9-21)18-36(34,35)24-5-1-3-20-4-2-13-30-25(20)24/h1-10,13-14,17,33H,11-12,15-16,18H2. The molecule has 0 unspecified atom stereocenters. The molecule has 0 aliphatic carbocycles. The van der Waals surface area contributed by atoms with Gasteiger partial charge in [0, 0.05) is 48.2 Å². The molecule has 2 aromatic carbocycles. The molecule has 1 fully saturated rings. The fourth-order valence-electron chi connectivity index (χ4n) is 4.65. The zero-order valence-electron chi connectivity index (χ0n) is 19.3. The van der Waals surface area contributed by atoms with E-state index in [4.69, 9.17) is 11.6 Å². The van der Waals surface area contributed by atoms with Crippen LogP contribution in [0.15, 0.2) is 84.1 Å². The summed E-state index contributed by atoms with van der Waals surface area (Å²) in [4.78, 5) is 23.2. The minimum Gasteiger partial charge on any atom is -0.385 e. The fraction of sp³-hybridized carbons (Fsp3) is 0.222. The second-order valence-corrected chi connectivity index (χ2v) is 11.3. The average molecular weight is 522 g/mol. The van der Waals surface area contributed by atoms with Gasteiger partial charge in [-0.05, 0) is 48.7 Å². The van der Waals surface area contributed by atoms with Crippen molar-refractivity contribution >= 4 is 38.2 Å². The number of carbonyl (C=O) groups is 1. The van der Waals surface area contributed by atoms with Crippen molar-refractivity contribution in [2.75, 3.05) is 13.1 Å². The van der Waals surface area contributed by atoms with E-state index >= 15 is 0 Å². The van der Waals surface area contributed by atoms with E-state index < -0.39 is 15.4 Å². The SMILES string of the molecule is O=C(c1ccc(CS(=O)(=O)c2cccc3cccnc23)cc1)N1CCC(O)(c2ccncc2Cl)CC1. The van der Waals surface area contributed by atoms with Crippen molar-refractivity contribution in [3.8, 4) is 0 Å². The maximum absolute atomic E-state index is 13.1. The van der Waals surface area contributed by atoms with Gasteiger partial charge < -0.3 is 10.0 Å². The van der Waals surface area contributed by atoms with Crippen LogP contribution in [0.1, 0.15) is 34.3 Å². The van der Waals surface area contributed by atoms with Gasteiger partial charge in [-0.15, -0.1) is 0 Å². The molecule has 4 aromatic rings. The molecule has 0 atom stereocenters. The highest BCUT2D eigenvalue weighted by molar-refractivity contribution is 7.90. The zero-order chi connectivity index (χ0) is 25.3. The van der Waals surface area contributed by atoms with E-state index in [1.807, 2.05) is 12.1 Å². The number of hydrogen-bond donors (Lipinski definition) is 1. The number of aliphatic hydroxyl groups is 1. The van der Waals surface area contributed by atoms with Gasteiger partial charge in [-0.1, -0.05) is 41.9 Å². The number of likely N-dealkylation sites (tertiary alicyclic amines) is 1. The number of carbonyl (C=O) groups excluding carboxylic acids is 1. The molecule has 7 nitrogen and oxygen atoms in total. The molecule has 0 spiro atoms. The van der Waals surface area contributed by atoms with Crippen LogP contribution >= 0.6 is 11.6 Å². The number of hydrogen-bond acceptors (Lipinski definition) is 6. The highest BCUT2D eigenvalue weighted by Gasteiger charge is 2.37. The smallest absolute Gasteiger partial charge is 0.253 e. The Kier molecular flexibility index (Phi) is 6.51. The van der Waals surface area contributed by atoms with Gasteiger partial charge in [0.1, 0.15) is 0 Å². The van der Waals surface area contributed by atoms with Crippen LogP contribution in [0.3, 0.4) is 0 Å². The predicted molar refractivity (Wildman–Crippen MR) is 137 cm³/mol. The van der Waals surface area contributed by atoms with E-state index in [1.165, 1.54) is 6.20 Å². The molecule has 184 valence electrons. The molecule has 1 amide bonds. The van der Waals surface area contributed by atoms with Gasteiger partial charge in [0.15, 0.2) is 9.84 Å². The number of nitrogens with zero attached hydrogens (tertiary/aromatic N) is 3. The number of sulfone groups is 1. The Labute approximate surface area is 214 Å². The third-order valence-electron chi connectivity index (χ3n) is 6.64. The van der Waals surface area contributed by atoms with Crippen LogP contribution < -0.4 is 0 Å². The number of benzene rings is 2. The van der Waals surface area contributed by atoms with E-state index in [-0.39, 0.29) is 16.6 Å². The van der Waals surface area contributed by atoms with Crippen LogP contribution in [-0.4, -0.2) is 47.4 Å². The first-order valence-corrected chi connectivity index (χ1v) is 13.6. The van der Waals surface area contributed by atoms with Crippen LogP contribution in [-0.2, 0) is 21.2 Å². The molecular weight excluding hydrogens is 498 g/mol. The monoisotopic (exact) mass is 521 g/mol. The van der Waals surface area contributed by atoms with Crippen molar-refractivity contribution in [2.45, 2.75) is 29.1 Å². The summed E-state index contributed by atoms with van der Waals surface area (Å²) >= 11 is 6.22. The van der Waals surface area contributed by atoms with Gasteiger partial charge in [-0.3, -0.25) is 14.8 Å². The maximum Gasteiger partial charge on any atom is 0.253 e. The lowest BCUT2D eigenvalue weighted by molar-refractivity contribution is -0.0211. The number of aromatic nitrogens is 2. The number of fused-ring (bicyclic) bond motifs is 1. The summed E-state index contributed by atoms with van der Waals surface area (Å²) in [5, 5.41) is 12.3. The first-order chi connectivity index (χ1) is 17.3. The van der Waals surface area contributed by atoms with Gasteiger partial charge in [0.05, 0.1) is 26.8 Å². The van der Waals surface area contributed by atoms with Gasteiger partial charge in [0.2, 0.25) is 0 Å². The topological polar surface area (TPSA) is 100 Å². The highest BCUT2D eigenvalue weighted by Crippen LogP contribution is 2.36. The van der Waals surface area contributed by atoms with Crippen LogP contribution in [0, 0.1) is 0 Å². The first-order valence-electron chi connectivity index (χ1n) is 11.5. The fourth-order valence-corrected chi connectivity index (χ4v) is 6.49. The summed E-state index contributed by atoms with van der Waals surface area (Å²) in [5.74, 6) is -0.355. The lowest BCUT2D eigenvalue weighted by atomic mass is 9.84. The van der Waals surface area contributed by atoms with E-state index in [9.17, 15) is 18.3 Å². The maximum atomic E-state index is 13.1. The molecule has 5 rings (SSSR count). The molecule has 9 heteroatoms. The summed E-state index contributed by atoms with van der Waals surface area (Å²) < 4.78 is 26.3. The van der Waals surface area contributed by atoms with Gasteiger partial charge >= 0.3 is 0 Å². The predicted octanol–water partition coefficient (Wildman–Crippen LogP) is 4.38. The number of amides is 1. The minimum atomic E-state index is -3.64. The number of rotatable bonds is 5. The molecule has 1 aliphatic rings. The van der Waals surface area contributed by atoms with Crippen molar-refractivity contribution in [1.29, 1.82) is 0 Å². The van der Waals surface area contributed by atoms with Crippen molar-refractivity contribution in [3.05, 3.63) is 101 Å². The van der Waals surface area contributed by atoms with Crippen molar-refractivity contribution in [1.82, 2.24) is 14.9 Å². The summed E-state index contributed by atoms with van der Waals surface area (Å²) in [7, 11) is -3.64. The lowest BCUT2D eigenvalue weighted by Gasteiger charge is -2.38. The Hall–Kier alpha value is -3.33. The second-order valence-electron chi connectivity index (χ2n) is 8.97.